The summed E-state index contributed by atoms with van der Waals surface area (Å²) in [7, 11) is 3.07. The molecule has 2 aromatic rings. The molecule has 0 radical (unpaired) electrons. The quantitative estimate of drug-likeness (QED) is 0.348. The maximum absolute atomic E-state index is 13.4. The van der Waals surface area contributed by atoms with E-state index >= 15 is 0 Å². The third kappa shape index (κ3) is 4.15. The molecule has 0 spiro atoms. The van der Waals surface area contributed by atoms with Gasteiger partial charge < -0.3 is 9.47 Å². The molecule has 7 heteroatoms. The first-order valence-electron chi connectivity index (χ1n) is 9.51. The Kier molecular flexibility index (Phi) is 6.96. The number of carbonyl (C=O) groups excluding carboxylic acids is 3. The number of ketones is 3. The van der Waals surface area contributed by atoms with Crippen molar-refractivity contribution in [1.82, 2.24) is 0 Å². The van der Waals surface area contributed by atoms with Gasteiger partial charge in [-0.05, 0) is 54.8 Å². The summed E-state index contributed by atoms with van der Waals surface area (Å²) >= 11 is 12.4. The minimum Gasteiger partial charge on any atom is -0.496 e. The van der Waals surface area contributed by atoms with E-state index in [2.05, 4.69) is 0 Å². The van der Waals surface area contributed by atoms with E-state index in [9.17, 15) is 14.4 Å². The highest BCUT2D eigenvalue weighted by Gasteiger charge is 2.53. The summed E-state index contributed by atoms with van der Waals surface area (Å²) in [6, 6.07) is 9.83. The first kappa shape index (κ1) is 22.5. The number of rotatable bonds is 7. The number of methoxy groups -OCH3 is 2. The van der Waals surface area contributed by atoms with E-state index in [0.29, 0.717) is 33.3 Å². The molecule has 1 aliphatic carbocycles. The van der Waals surface area contributed by atoms with Crippen LogP contribution in [0.25, 0.3) is 0 Å². The molecule has 0 bridgehead atoms. The summed E-state index contributed by atoms with van der Waals surface area (Å²) in [4.78, 5) is 39.2. The normalized spacial score (nSPS) is 21.2. The second-order valence-electron chi connectivity index (χ2n) is 7.33. The van der Waals surface area contributed by atoms with Crippen molar-refractivity contribution in [2.24, 2.45) is 11.8 Å². The second kappa shape index (κ2) is 9.29. The van der Waals surface area contributed by atoms with Gasteiger partial charge in [-0.1, -0.05) is 29.3 Å². The van der Waals surface area contributed by atoms with Crippen LogP contribution in [0.5, 0.6) is 5.75 Å². The first-order valence-corrected chi connectivity index (χ1v) is 10.3. The highest BCUT2D eigenvalue weighted by molar-refractivity contribution is 6.46. The molecule has 0 heterocycles. The van der Waals surface area contributed by atoms with E-state index in [1.54, 1.807) is 43.5 Å². The molecular weight excluding hydrogens is 427 g/mol. The Bertz CT molecular complexity index is 1000. The molecule has 0 aliphatic heterocycles. The van der Waals surface area contributed by atoms with Crippen molar-refractivity contribution < 1.29 is 23.9 Å². The van der Waals surface area contributed by atoms with Crippen LogP contribution in [0.1, 0.15) is 33.8 Å². The van der Waals surface area contributed by atoms with E-state index in [-0.39, 0.29) is 6.61 Å². The maximum atomic E-state index is 13.4. The van der Waals surface area contributed by atoms with Crippen molar-refractivity contribution in [1.29, 1.82) is 0 Å². The molecule has 30 heavy (non-hydrogen) atoms. The molecule has 3 atom stereocenters. The van der Waals surface area contributed by atoms with Gasteiger partial charge >= 0.3 is 0 Å². The number of hydrogen-bond donors (Lipinski definition) is 0. The van der Waals surface area contributed by atoms with Crippen molar-refractivity contribution in [3.05, 3.63) is 63.1 Å². The van der Waals surface area contributed by atoms with Crippen LogP contribution in [0.15, 0.2) is 36.4 Å². The number of Topliss-reactive ketones (excluding diaryl/α,β-unsaturated/α-hetero) is 3. The number of carbonyl (C=O) groups is 3. The van der Waals surface area contributed by atoms with Gasteiger partial charge in [0, 0.05) is 41.2 Å². The number of aryl methyl sites for hydroxylation is 1. The summed E-state index contributed by atoms with van der Waals surface area (Å²) in [5.74, 6) is -3.54. The number of halogens is 2. The molecule has 0 amide bonds. The largest absolute Gasteiger partial charge is 0.496 e. The van der Waals surface area contributed by atoms with Crippen molar-refractivity contribution in [2.45, 2.75) is 19.3 Å². The number of ether oxygens (including phenoxy) is 2. The lowest BCUT2D eigenvalue weighted by molar-refractivity contribution is -0.136. The third-order valence-electron chi connectivity index (χ3n) is 5.57. The maximum Gasteiger partial charge on any atom is 0.210 e. The summed E-state index contributed by atoms with van der Waals surface area (Å²) < 4.78 is 10.4. The molecule has 0 aromatic heterocycles. The van der Waals surface area contributed by atoms with E-state index in [1.165, 1.54) is 7.11 Å². The van der Waals surface area contributed by atoms with Gasteiger partial charge in [-0.25, -0.2) is 0 Å². The molecule has 1 saturated carbocycles. The fourth-order valence-corrected chi connectivity index (χ4v) is 4.65. The van der Waals surface area contributed by atoms with Gasteiger partial charge in [-0.3, -0.25) is 14.4 Å². The molecule has 1 fully saturated rings. The van der Waals surface area contributed by atoms with Crippen molar-refractivity contribution in [2.75, 3.05) is 20.8 Å². The molecule has 3 rings (SSSR count). The zero-order valence-corrected chi connectivity index (χ0v) is 18.4. The van der Waals surface area contributed by atoms with E-state index < -0.39 is 35.1 Å². The molecule has 5 nitrogen and oxygen atoms in total. The van der Waals surface area contributed by atoms with Gasteiger partial charge in [0.05, 0.1) is 13.0 Å². The van der Waals surface area contributed by atoms with Crippen LogP contribution >= 0.6 is 23.2 Å². The van der Waals surface area contributed by atoms with Gasteiger partial charge in [0.25, 0.3) is 0 Å². The van der Waals surface area contributed by atoms with Gasteiger partial charge in [0.1, 0.15) is 5.75 Å². The lowest BCUT2D eigenvalue weighted by Crippen LogP contribution is -2.26. The molecule has 0 saturated heterocycles. The van der Waals surface area contributed by atoms with Crippen LogP contribution < -0.4 is 4.74 Å². The average molecular weight is 449 g/mol. The minimum absolute atomic E-state index is 0.286. The Morgan fingerprint density at radius 3 is 2.37 bits per heavy atom. The number of benzene rings is 2. The van der Waals surface area contributed by atoms with Crippen molar-refractivity contribution in [3.63, 3.8) is 0 Å². The highest BCUT2D eigenvalue weighted by atomic mass is 35.5. The Morgan fingerprint density at radius 2 is 1.77 bits per heavy atom. The van der Waals surface area contributed by atoms with Crippen LogP contribution in [0, 0.1) is 18.8 Å². The van der Waals surface area contributed by atoms with E-state index in [0.717, 1.165) is 5.56 Å². The topological polar surface area (TPSA) is 69.7 Å². The molecule has 2 aromatic carbocycles. The zero-order chi connectivity index (χ0) is 22.0. The lowest BCUT2D eigenvalue weighted by Gasteiger charge is -2.24. The molecular formula is C23H22Cl2O5. The monoisotopic (exact) mass is 448 g/mol. The van der Waals surface area contributed by atoms with Gasteiger partial charge in [-0.15, -0.1) is 0 Å². The van der Waals surface area contributed by atoms with Crippen LogP contribution in [-0.4, -0.2) is 38.2 Å². The number of hydrogen-bond acceptors (Lipinski definition) is 5. The van der Waals surface area contributed by atoms with Crippen LogP contribution in [-0.2, 0) is 14.3 Å². The van der Waals surface area contributed by atoms with Crippen molar-refractivity contribution in [3.8, 4) is 5.75 Å². The highest BCUT2D eigenvalue weighted by Crippen LogP contribution is 2.46. The molecule has 0 N–H and O–H groups in total. The average Bonchev–Trinajstić information content (AvgIpc) is 2.96. The van der Waals surface area contributed by atoms with Crippen LogP contribution in [0.3, 0.4) is 0 Å². The van der Waals surface area contributed by atoms with Gasteiger partial charge in [0.15, 0.2) is 5.78 Å². The SMILES string of the molecule is COCCC1C(=O)C(=O)C(C(=O)c2ccc(OC)c(C)c2)C1c1ccc(Cl)cc1Cl. The Morgan fingerprint density at radius 1 is 1.03 bits per heavy atom. The Hall–Kier alpha value is -2.21. The Labute approximate surface area is 185 Å². The lowest BCUT2D eigenvalue weighted by atomic mass is 9.78. The minimum atomic E-state index is -1.15. The zero-order valence-electron chi connectivity index (χ0n) is 16.9. The predicted octanol–water partition coefficient (Wildman–Crippen LogP) is 4.70. The third-order valence-corrected chi connectivity index (χ3v) is 6.13. The van der Waals surface area contributed by atoms with Crippen LogP contribution in [0.4, 0.5) is 0 Å². The smallest absolute Gasteiger partial charge is 0.210 e. The van der Waals surface area contributed by atoms with Gasteiger partial charge in [-0.2, -0.15) is 0 Å². The predicted molar refractivity (Wildman–Crippen MR) is 115 cm³/mol. The summed E-state index contributed by atoms with van der Waals surface area (Å²) in [6.07, 6.45) is 0.316. The summed E-state index contributed by atoms with van der Waals surface area (Å²) in [5, 5.41) is 0.752. The van der Waals surface area contributed by atoms with E-state index in [4.69, 9.17) is 32.7 Å². The van der Waals surface area contributed by atoms with Gasteiger partial charge in [0.2, 0.25) is 11.6 Å². The standard InChI is InChI=1S/C23H22Cl2O5/c1-12-10-13(4-7-18(12)30-3)21(26)20-19(15-6-5-14(24)11-17(15)25)16(8-9-29-2)22(27)23(20)28/h4-7,10-11,16,19-20H,8-9H2,1-3H3. The van der Waals surface area contributed by atoms with E-state index in [1.807, 2.05) is 6.92 Å². The Balaban J connectivity index is 2.09. The fourth-order valence-electron chi connectivity index (χ4n) is 4.11. The van der Waals surface area contributed by atoms with Crippen molar-refractivity contribution >= 4 is 40.6 Å². The first-order chi connectivity index (χ1) is 14.3. The second-order valence-corrected chi connectivity index (χ2v) is 8.18. The summed E-state index contributed by atoms with van der Waals surface area (Å²) in [5.41, 5.74) is 1.67. The van der Waals surface area contributed by atoms with Crippen LogP contribution in [0.2, 0.25) is 10.0 Å². The summed E-state index contributed by atoms with van der Waals surface area (Å²) in [6.45, 7) is 2.10. The molecule has 158 valence electrons. The molecule has 1 aliphatic rings. The fraction of sp³-hybridized carbons (Fsp3) is 0.348. The molecule has 3 unspecified atom stereocenters.